The number of hydrogen-bond donors (Lipinski definition) is 2. The molecule has 0 spiro atoms. The molecule has 0 aliphatic heterocycles. The van der Waals surface area contributed by atoms with Crippen LogP contribution in [0.1, 0.15) is 48.5 Å². The molecule has 0 saturated heterocycles. The lowest BCUT2D eigenvalue weighted by molar-refractivity contribution is -0.114. The second-order valence-electron chi connectivity index (χ2n) is 7.50. The van der Waals surface area contributed by atoms with Crippen LogP contribution in [-0.2, 0) is 11.3 Å². The summed E-state index contributed by atoms with van der Waals surface area (Å²) in [4.78, 5) is 26.4. The first kappa shape index (κ1) is 20.9. The molecule has 2 amide bonds. The molecule has 0 heterocycles. The molecule has 1 fully saturated rings. The summed E-state index contributed by atoms with van der Waals surface area (Å²) in [6, 6.07) is 10.0. The smallest absolute Gasteiger partial charge is 0.254 e. The van der Waals surface area contributed by atoms with Crippen LogP contribution in [0.15, 0.2) is 42.5 Å². The van der Waals surface area contributed by atoms with Gasteiger partial charge < -0.3 is 16.0 Å². The van der Waals surface area contributed by atoms with Crippen LogP contribution in [0.25, 0.3) is 0 Å². The maximum absolute atomic E-state index is 13.7. The number of anilines is 1. The van der Waals surface area contributed by atoms with E-state index in [0.717, 1.165) is 36.6 Å². The number of nitrogens with one attached hydrogen (secondary N) is 1. The molecule has 0 bridgehead atoms. The van der Waals surface area contributed by atoms with E-state index in [9.17, 15) is 18.4 Å². The predicted molar refractivity (Wildman–Crippen MR) is 107 cm³/mol. The largest absolute Gasteiger partial charge is 0.331 e. The van der Waals surface area contributed by atoms with E-state index in [4.69, 9.17) is 5.73 Å². The highest BCUT2D eigenvalue weighted by molar-refractivity contribution is 5.95. The van der Waals surface area contributed by atoms with Crippen LogP contribution in [0.5, 0.6) is 0 Å². The fourth-order valence-corrected chi connectivity index (χ4v) is 3.78. The van der Waals surface area contributed by atoms with Gasteiger partial charge in [0.15, 0.2) is 0 Å². The summed E-state index contributed by atoms with van der Waals surface area (Å²) >= 11 is 0. The number of rotatable bonds is 5. The minimum Gasteiger partial charge on any atom is -0.331 e. The van der Waals surface area contributed by atoms with Crippen molar-refractivity contribution in [1.29, 1.82) is 0 Å². The normalized spacial score (nSPS) is 18.9. The zero-order valence-electron chi connectivity index (χ0n) is 16.3. The summed E-state index contributed by atoms with van der Waals surface area (Å²) in [5.74, 6) is -2.25. The molecule has 1 saturated carbocycles. The summed E-state index contributed by atoms with van der Waals surface area (Å²) in [6.07, 6.45) is 2.98. The van der Waals surface area contributed by atoms with Crippen molar-refractivity contribution in [3.05, 3.63) is 65.2 Å². The van der Waals surface area contributed by atoms with E-state index in [1.807, 2.05) is 12.1 Å². The van der Waals surface area contributed by atoms with E-state index in [1.54, 1.807) is 17.0 Å². The summed E-state index contributed by atoms with van der Waals surface area (Å²) in [7, 11) is 0. The first-order valence-electron chi connectivity index (χ1n) is 9.71. The highest BCUT2D eigenvalue weighted by Crippen LogP contribution is 2.27. The Hall–Kier alpha value is -2.80. The molecule has 7 heteroatoms. The molecule has 0 atom stereocenters. The van der Waals surface area contributed by atoms with Crippen molar-refractivity contribution >= 4 is 17.5 Å². The Bertz CT molecular complexity index is 875. The molecule has 1 aliphatic carbocycles. The van der Waals surface area contributed by atoms with Gasteiger partial charge in [-0.05, 0) is 49.4 Å². The Balaban J connectivity index is 1.93. The summed E-state index contributed by atoms with van der Waals surface area (Å²) in [5, 5.41) is 2.77. The summed E-state index contributed by atoms with van der Waals surface area (Å²) in [5.41, 5.74) is 7.33. The van der Waals surface area contributed by atoms with Gasteiger partial charge in [0.25, 0.3) is 5.91 Å². The van der Waals surface area contributed by atoms with Gasteiger partial charge in [-0.25, -0.2) is 8.78 Å². The van der Waals surface area contributed by atoms with Gasteiger partial charge >= 0.3 is 0 Å². The zero-order valence-corrected chi connectivity index (χ0v) is 16.3. The number of nitrogens with zero attached hydrogens (tertiary/aromatic N) is 1. The van der Waals surface area contributed by atoms with Gasteiger partial charge in [-0.15, -0.1) is 0 Å². The van der Waals surface area contributed by atoms with Crippen LogP contribution in [0, 0.1) is 11.6 Å². The molecular formula is C22H25F2N3O2. The van der Waals surface area contributed by atoms with Gasteiger partial charge in [-0.2, -0.15) is 0 Å². The van der Waals surface area contributed by atoms with Gasteiger partial charge in [0.05, 0.1) is 0 Å². The molecule has 2 aromatic carbocycles. The monoisotopic (exact) mass is 401 g/mol. The van der Waals surface area contributed by atoms with E-state index in [-0.39, 0.29) is 30.1 Å². The van der Waals surface area contributed by atoms with Crippen LogP contribution in [0.4, 0.5) is 14.5 Å². The molecule has 154 valence electrons. The third-order valence-corrected chi connectivity index (χ3v) is 5.22. The Kier molecular flexibility index (Phi) is 6.59. The number of nitrogens with two attached hydrogens (primary N) is 1. The molecular weight excluding hydrogens is 376 g/mol. The first-order chi connectivity index (χ1) is 13.8. The fraction of sp³-hybridized carbons (Fsp3) is 0.364. The number of hydrogen-bond acceptors (Lipinski definition) is 3. The van der Waals surface area contributed by atoms with E-state index >= 15 is 0 Å². The Morgan fingerprint density at radius 2 is 1.69 bits per heavy atom. The maximum Gasteiger partial charge on any atom is 0.254 e. The number of carbonyl (C=O) groups is 2. The summed E-state index contributed by atoms with van der Waals surface area (Å²) in [6.45, 7) is 1.63. The van der Waals surface area contributed by atoms with Crippen molar-refractivity contribution in [2.75, 3.05) is 5.32 Å². The number of carbonyl (C=O) groups excluding carboxylic acids is 2. The van der Waals surface area contributed by atoms with Gasteiger partial charge in [0, 0.05) is 42.9 Å². The van der Waals surface area contributed by atoms with Crippen LogP contribution in [-0.4, -0.2) is 28.8 Å². The van der Waals surface area contributed by atoms with Gasteiger partial charge in [-0.3, -0.25) is 9.59 Å². The zero-order chi connectivity index (χ0) is 21.0. The van der Waals surface area contributed by atoms with E-state index < -0.39 is 17.5 Å². The minimum absolute atomic E-state index is 0.0330. The number of para-hydroxylation sites is 1. The molecule has 0 radical (unpaired) electrons. The lowest BCUT2D eigenvalue weighted by Gasteiger charge is -2.36. The molecule has 5 nitrogen and oxygen atoms in total. The minimum atomic E-state index is -0.794. The lowest BCUT2D eigenvalue weighted by Crippen LogP contribution is -2.44. The van der Waals surface area contributed by atoms with Crippen LogP contribution in [0.3, 0.4) is 0 Å². The molecule has 3 N–H and O–H groups in total. The highest BCUT2D eigenvalue weighted by atomic mass is 19.1. The van der Waals surface area contributed by atoms with Crippen molar-refractivity contribution in [2.45, 2.75) is 51.2 Å². The topological polar surface area (TPSA) is 75.4 Å². The Morgan fingerprint density at radius 3 is 2.31 bits per heavy atom. The van der Waals surface area contributed by atoms with Gasteiger partial charge in [0.1, 0.15) is 11.6 Å². The van der Waals surface area contributed by atoms with Crippen LogP contribution >= 0.6 is 0 Å². The standard InChI is InChI=1S/C22H25F2N3O2/c1-14(28)26-21-5-3-2-4-15(21)13-27(20-8-6-19(25)7-9-20)22(29)16-10-17(23)12-18(24)11-16/h2-5,10-12,19-20H,6-9,13,25H2,1H3,(H,26,28). The fourth-order valence-electron chi connectivity index (χ4n) is 3.78. The molecule has 3 rings (SSSR count). The molecule has 1 aliphatic rings. The van der Waals surface area contributed by atoms with Gasteiger partial charge in [-0.1, -0.05) is 18.2 Å². The number of amides is 2. The Morgan fingerprint density at radius 1 is 1.07 bits per heavy atom. The number of halogens is 2. The third-order valence-electron chi connectivity index (χ3n) is 5.22. The third kappa shape index (κ3) is 5.38. The lowest BCUT2D eigenvalue weighted by atomic mass is 9.90. The van der Waals surface area contributed by atoms with Crippen molar-refractivity contribution in [3.63, 3.8) is 0 Å². The van der Waals surface area contributed by atoms with Crippen LogP contribution in [0.2, 0.25) is 0 Å². The predicted octanol–water partition coefficient (Wildman–Crippen LogP) is 3.84. The van der Waals surface area contributed by atoms with Crippen molar-refractivity contribution in [3.8, 4) is 0 Å². The van der Waals surface area contributed by atoms with Crippen molar-refractivity contribution in [2.24, 2.45) is 5.73 Å². The maximum atomic E-state index is 13.7. The second kappa shape index (κ2) is 9.13. The SMILES string of the molecule is CC(=O)Nc1ccccc1CN(C(=O)c1cc(F)cc(F)c1)C1CCC(N)CC1. The van der Waals surface area contributed by atoms with Gasteiger partial charge in [0.2, 0.25) is 5.91 Å². The quantitative estimate of drug-likeness (QED) is 0.799. The molecule has 29 heavy (non-hydrogen) atoms. The molecule has 2 aromatic rings. The average Bonchev–Trinajstić information content (AvgIpc) is 2.66. The van der Waals surface area contributed by atoms with E-state index in [0.29, 0.717) is 18.5 Å². The van der Waals surface area contributed by atoms with Crippen LogP contribution < -0.4 is 11.1 Å². The van der Waals surface area contributed by atoms with Crippen molar-refractivity contribution in [1.82, 2.24) is 4.90 Å². The summed E-state index contributed by atoms with van der Waals surface area (Å²) < 4.78 is 27.4. The second-order valence-corrected chi connectivity index (χ2v) is 7.50. The highest BCUT2D eigenvalue weighted by Gasteiger charge is 2.29. The van der Waals surface area contributed by atoms with E-state index in [2.05, 4.69) is 5.32 Å². The van der Waals surface area contributed by atoms with Crippen molar-refractivity contribution < 1.29 is 18.4 Å². The molecule has 0 unspecified atom stereocenters. The Labute approximate surface area is 168 Å². The first-order valence-corrected chi connectivity index (χ1v) is 9.71. The number of benzene rings is 2. The average molecular weight is 401 g/mol. The van der Waals surface area contributed by atoms with E-state index in [1.165, 1.54) is 6.92 Å². The molecule has 0 aromatic heterocycles.